The van der Waals surface area contributed by atoms with E-state index in [2.05, 4.69) is 11.0 Å². The number of para-hydroxylation sites is 1. The standard InChI is InChI=1S/C29H30F3N3O.2ClH/c1-2-35-26-14-7-6-13-25(26)28(27(35)36,22-9-4-3-5-10-22)15-16-33-17-19-34(20-18-33)24-12-8-11-23(21-24)29(30,31)32;;/h3-14,21H,2,15-20H2,1H3;2*1H. The summed E-state index contributed by atoms with van der Waals surface area (Å²) in [6.45, 7) is 6.09. The van der Waals surface area contributed by atoms with Gasteiger partial charge in [0.2, 0.25) is 5.91 Å². The molecule has 3 aromatic carbocycles. The molecular weight excluding hydrogens is 534 g/mol. The molecule has 1 unspecified atom stereocenters. The number of benzene rings is 3. The van der Waals surface area contributed by atoms with E-state index in [4.69, 9.17) is 0 Å². The molecule has 0 aliphatic carbocycles. The summed E-state index contributed by atoms with van der Waals surface area (Å²) in [6.07, 6.45) is -3.70. The van der Waals surface area contributed by atoms with E-state index < -0.39 is 17.2 Å². The van der Waals surface area contributed by atoms with Crippen molar-refractivity contribution < 1.29 is 18.0 Å². The van der Waals surface area contributed by atoms with Crippen LogP contribution in [0.1, 0.15) is 30.0 Å². The van der Waals surface area contributed by atoms with Gasteiger partial charge in [-0.25, -0.2) is 0 Å². The minimum atomic E-state index is -4.35. The molecule has 2 heterocycles. The van der Waals surface area contributed by atoms with Gasteiger partial charge >= 0.3 is 6.18 Å². The summed E-state index contributed by atoms with van der Waals surface area (Å²) in [6, 6.07) is 23.6. The zero-order valence-corrected chi connectivity index (χ0v) is 22.8. The van der Waals surface area contributed by atoms with Gasteiger partial charge in [-0.2, -0.15) is 13.2 Å². The Kier molecular flexibility index (Phi) is 9.39. The number of likely N-dealkylation sites (N-methyl/N-ethyl adjacent to an activating group) is 1. The van der Waals surface area contributed by atoms with Gasteiger partial charge in [-0.15, -0.1) is 24.8 Å². The van der Waals surface area contributed by atoms with Crippen molar-refractivity contribution in [3.63, 3.8) is 0 Å². The predicted octanol–water partition coefficient (Wildman–Crippen LogP) is 6.41. The number of hydrogen-bond acceptors (Lipinski definition) is 3. The Morgan fingerprint density at radius 3 is 2.16 bits per heavy atom. The first kappa shape index (κ1) is 29.8. The molecule has 204 valence electrons. The number of nitrogens with zero attached hydrogens (tertiary/aromatic N) is 3. The maximum absolute atomic E-state index is 13.9. The van der Waals surface area contributed by atoms with Gasteiger partial charge in [0, 0.05) is 44.1 Å². The molecule has 2 aliphatic heterocycles. The van der Waals surface area contributed by atoms with Crippen molar-refractivity contribution in [1.82, 2.24) is 4.90 Å². The second-order valence-corrected chi connectivity index (χ2v) is 9.46. The largest absolute Gasteiger partial charge is 0.416 e. The van der Waals surface area contributed by atoms with Crippen LogP contribution in [0.3, 0.4) is 0 Å². The van der Waals surface area contributed by atoms with E-state index in [9.17, 15) is 18.0 Å². The van der Waals surface area contributed by atoms with Gasteiger partial charge in [0.25, 0.3) is 0 Å². The number of halogens is 5. The van der Waals surface area contributed by atoms with Crippen molar-refractivity contribution in [3.8, 4) is 0 Å². The highest BCUT2D eigenvalue weighted by Crippen LogP contribution is 2.48. The van der Waals surface area contributed by atoms with E-state index in [0.717, 1.165) is 42.5 Å². The van der Waals surface area contributed by atoms with Gasteiger partial charge in [-0.05, 0) is 55.3 Å². The van der Waals surface area contributed by atoms with Gasteiger partial charge in [0.1, 0.15) is 5.41 Å². The Hall–Kier alpha value is -2.74. The summed E-state index contributed by atoms with van der Waals surface area (Å²) < 4.78 is 39.5. The molecule has 1 fully saturated rings. The second-order valence-electron chi connectivity index (χ2n) is 9.46. The second kappa shape index (κ2) is 12.0. The number of amides is 1. The minimum Gasteiger partial charge on any atom is -0.369 e. The average Bonchev–Trinajstić information content (AvgIpc) is 3.15. The normalized spacial score (nSPS) is 19.5. The smallest absolute Gasteiger partial charge is 0.369 e. The van der Waals surface area contributed by atoms with E-state index in [0.29, 0.717) is 31.7 Å². The van der Waals surface area contributed by atoms with Crippen LogP contribution in [0, 0.1) is 0 Å². The van der Waals surface area contributed by atoms with Gasteiger partial charge in [0.05, 0.1) is 5.56 Å². The molecule has 1 saturated heterocycles. The lowest BCUT2D eigenvalue weighted by molar-refractivity contribution is -0.137. The minimum absolute atomic E-state index is 0. The molecule has 9 heteroatoms. The first-order chi connectivity index (χ1) is 17.3. The van der Waals surface area contributed by atoms with Crippen LogP contribution < -0.4 is 9.80 Å². The number of carbonyl (C=O) groups is 1. The molecule has 1 atom stereocenters. The summed E-state index contributed by atoms with van der Waals surface area (Å²) in [4.78, 5) is 20.2. The van der Waals surface area contributed by atoms with Crippen LogP contribution in [0.5, 0.6) is 0 Å². The van der Waals surface area contributed by atoms with Crippen LogP contribution in [-0.2, 0) is 16.4 Å². The molecule has 5 rings (SSSR count). The highest BCUT2D eigenvalue weighted by Gasteiger charge is 2.51. The molecule has 0 spiro atoms. The number of hydrogen-bond donors (Lipinski definition) is 0. The SMILES string of the molecule is CCN1C(=O)C(CCN2CCN(c3cccc(C(F)(F)F)c3)CC2)(c2ccccc2)c2ccccc21.Cl.Cl. The average molecular weight is 566 g/mol. The lowest BCUT2D eigenvalue weighted by atomic mass is 9.72. The van der Waals surface area contributed by atoms with E-state index in [1.165, 1.54) is 12.1 Å². The lowest BCUT2D eigenvalue weighted by Crippen LogP contribution is -2.49. The topological polar surface area (TPSA) is 26.8 Å². The Bertz CT molecular complexity index is 1230. The number of fused-ring (bicyclic) bond motifs is 1. The maximum atomic E-state index is 13.9. The van der Waals surface area contributed by atoms with Gasteiger partial charge < -0.3 is 9.80 Å². The summed E-state index contributed by atoms with van der Waals surface area (Å²) in [7, 11) is 0. The third kappa shape index (κ3) is 5.37. The van der Waals surface area contributed by atoms with Crippen molar-refractivity contribution in [2.45, 2.75) is 24.9 Å². The van der Waals surface area contributed by atoms with E-state index in [1.54, 1.807) is 6.07 Å². The van der Waals surface area contributed by atoms with Crippen LogP contribution in [0.4, 0.5) is 24.5 Å². The number of alkyl halides is 3. The lowest BCUT2D eigenvalue weighted by Gasteiger charge is -2.38. The van der Waals surface area contributed by atoms with Crippen molar-refractivity contribution in [3.05, 3.63) is 95.6 Å². The maximum Gasteiger partial charge on any atom is 0.416 e. The molecular formula is C29H32Cl2F3N3O. The van der Waals surface area contributed by atoms with E-state index in [1.807, 2.05) is 65.3 Å². The van der Waals surface area contributed by atoms with E-state index >= 15 is 0 Å². The molecule has 0 aromatic heterocycles. The monoisotopic (exact) mass is 565 g/mol. The fourth-order valence-corrected chi connectivity index (χ4v) is 5.66. The van der Waals surface area contributed by atoms with Gasteiger partial charge in [-0.3, -0.25) is 9.69 Å². The Labute approximate surface area is 234 Å². The van der Waals surface area contributed by atoms with Crippen LogP contribution in [0.2, 0.25) is 0 Å². The number of piperazine rings is 1. The predicted molar refractivity (Wildman–Crippen MR) is 151 cm³/mol. The molecule has 0 bridgehead atoms. The molecule has 2 aliphatic rings. The number of carbonyl (C=O) groups excluding carboxylic acids is 1. The first-order valence-corrected chi connectivity index (χ1v) is 12.5. The molecule has 3 aromatic rings. The Balaban J connectivity index is 0.00000200. The third-order valence-electron chi connectivity index (χ3n) is 7.56. The van der Waals surface area contributed by atoms with Gasteiger partial charge in [-0.1, -0.05) is 54.6 Å². The van der Waals surface area contributed by atoms with Crippen LogP contribution in [-0.4, -0.2) is 50.1 Å². The highest BCUT2D eigenvalue weighted by atomic mass is 35.5. The van der Waals surface area contributed by atoms with E-state index in [-0.39, 0.29) is 30.7 Å². The zero-order valence-electron chi connectivity index (χ0n) is 21.2. The molecule has 0 N–H and O–H groups in total. The van der Waals surface area contributed by atoms with Crippen LogP contribution in [0.15, 0.2) is 78.9 Å². The summed E-state index contributed by atoms with van der Waals surface area (Å²) >= 11 is 0. The van der Waals surface area contributed by atoms with Crippen LogP contribution in [0.25, 0.3) is 0 Å². The number of anilines is 2. The molecule has 1 amide bonds. The number of rotatable bonds is 6. The zero-order chi connectivity index (χ0) is 25.3. The first-order valence-electron chi connectivity index (χ1n) is 12.5. The third-order valence-corrected chi connectivity index (χ3v) is 7.56. The fraction of sp³-hybridized carbons (Fsp3) is 0.345. The van der Waals surface area contributed by atoms with Gasteiger partial charge in [0.15, 0.2) is 0 Å². The molecule has 0 radical (unpaired) electrons. The summed E-state index contributed by atoms with van der Waals surface area (Å²) in [5, 5.41) is 0. The van der Waals surface area contributed by atoms with Crippen molar-refractivity contribution in [2.75, 3.05) is 49.1 Å². The Morgan fingerprint density at radius 1 is 0.842 bits per heavy atom. The Morgan fingerprint density at radius 2 is 1.50 bits per heavy atom. The fourth-order valence-electron chi connectivity index (χ4n) is 5.66. The quantitative estimate of drug-likeness (QED) is 0.345. The highest BCUT2D eigenvalue weighted by molar-refractivity contribution is 6.10. The van der Waals surface area contributed by atoms with Crippen molar-refractivity contribution in [2.24, 2.45) is 0 Å². The molecule has 0 saturated carbocycles. The molecule has 4 nitrogen and oxygen atoms in total. The summed E-state index contributed by atoms with van der Waals surface area (Å²) in [5.74, 6) is 0.111. The molecule has 38 heavy (non-hydrogen) atoms. The van der Waals surface area contributed by atoms with Crippen molar-refractivity contribution in [1.29, 1.82) is 0 Å². The summed E-state index contributed by atoms with van der Waals surface area (Å²) in [5.41, 5.74) is 2.26. The van der Waals surface area contributed by atoms with Crippen LogP contribution >= 0.6 is 24.8 Å². The van der Waals surface area contributed by atoms with Crippen molar-refractivity contribution >= 4 is 42.1 Å².